The van der Waals surface area contributed by atoms with Crippen molar-refractivity contribution < 1.29 is 14.3 Å². The third-order valence-electron chi connectivity index (χ3n) is 5.02. The van der Waals surface area contributed by atoms with Gasteiger partial charge < -0.3 is 10.1 Å². The summed E-state index contributed by atoms with van der Waals surface area (Å²) in [6.07, 6.45) is 0.589. The molecule has 0 aliphatic carbocycles. The van der Waals surface area contributed by atoms with Gasteiger partial charge >= 0.3 is 11.7 Å². The van der Waals surface area contributed by atoms with Gasteiger partial charge in [0, 0.05) is 6.04 Å². The molecule has 0 unspecified atom stereocenters. The lowest BCUT2D eigenvalue weighted by molar-refractivity contribution is -0.116. The van der Waals surface area contributed by atoms with Crippen LogP contribution < -0.4 is 16.6 Å². The van der Waals surface area contributed by atoms with E-state index in [9.17, 15) is 19.2 Å². The number of hydrogen-bond donors (Lipinski definition) is 1. The molecule has 0 fully saturated rings. The Morgan fingerprint density at radius 3 is 2.43 bits per heavy atom. The predicted molar refractivity (Wildman–Crippen MR) is 114 cm³/mol. The highest BCUT2D eigenvalue weighted by Crippen LogP contribution is 2.16. The van der Waals surface area contributed by atoms with E-state index in [2.05, 4.69) is 5.32 Å². The van der Waals surface area contributed by atoms with E-state index in [-0.39, 0.29) is 29.4 Å². The highest BCUT2D eigenvalue weighted by Gasteiger charge is 2.19. The summed E-state index contributed by atoms with van der Waals surface area (Å²) in [5, 5.41) is 3.02. The molecule has 8 heteroatoms. The van der Waals surface area contributed by atoms with E-state index in [1.807, 2.05) is 6.92 Å². The summed E-state index contributed by atoms with van der Waals surface area (Å²) in [6, 6.07) is 12.8. The Morgan fingerprint density at radius 1 is 1.07 bits per heavy atom. The number of nitrogens with zero attached hydrogens (tertiary/aromatic N) is 2. The van der Waals surface area contributed by atoms with E-state index >= 15 is 0 Å². The standard InChI is InChI=1S/C22H23N3O5/c1-4-14(2)25-20(27)16-10-6-8-12-18(16)24(22(25)29)13-19(26)23-17-11-7-5-9-15(17)21(28)30-3/h5-12,14H,4,13H2,1-3H3,(H,23,26)/t14-/m1/s1. The number of nitrogens with one attached hydrogen (secondary N) is 1. The van der Waals surface area contributed by atoms with Gasteiger partial charge in [-0.3, -0.25) is 18.7 Å². The number of aromatic nitrogens is 2. The smallest absolute Gasteiger partial charge is 0.339 e. The maximum atomic E-state index is 13.1. The van der Waals surface area contributed by atoms with Gasteiger partial charge in [-0.2, -0.15) is 0 Å². The van der Waals surface area contributed by atoms with Crippen LogP contribution >= 0.6 is 0 Å². The Morgan fingerprint density at radius 2 is 1.73 bits per heavy atom. The van der Waals surface area contributed by atoms with Crippen molar-refractivity contribution in [3.63, 3.8) is 0 Å². The summed E-state index contributed by atoms with van der Waals surface area (Å²) >= 11 is 0. The molecule has 156 valence electrons. The van der Waals surface area contributed by atoms with Crippen LogP contribution in [0.1, 0.15) is 36.7 Å². The molecule has 2 aromatic carbocycles. The van der Waals surface area contributed by atoms with Crippen molar-refractivity contribution in [3.8, 4) is 0 Å². The number of benzene rings is 2. The summed E-state index contributed by atoms with van der Waals surface area (Å²) in [4.78, 5) is 50.6. The predicted octanol–water partition coefficient (Wildman–Crippen LogP) is 2.56. The van der Waals surface area contributed by atoms with Gasteiger partial charge in [0.2, 0.25) is 5.91 Å². The number of fused-ring (bicyclic) bond motifs is 1. The molecule has 3 aromatic rings. The minimum absolute atomic E-state index is 0.204. The first kappa shape index (κ1) is 21.0. The topological polar surface area (TPSA) is 99.4 Å². The second-order valence-electron chi connectivity index (χ2n) is 6.90. The van der Waals surface area contributed by atoms with Crippen LogP contribution in [0.25, 0.3) is 10.9 Å². The average molecular weight is 409 g/mol. The molecular weight excluding hydrogens is 386 g/mol. The minimum atomic E-state index is -0.584. The van der Waals surface area contributed by atoms with Crippen LogP contribution in [-0.4, -0.2) is 28.1 Å². The van der Waals surface area contributed by atoms with E-state index in [0.29, 0.717) is 17.3 Å². The van der Waals surface area contributed by atoms with Gasteiger partial charge in [-0.15, -0.1) is 0 Å². The van der Waals surface area contributed by atoms with Crippen LogP contribution in [0.3, 0.4) is 0 Å². The lowest BCUT2D eigenvalue weighted by Crippen LogP contribution is -2.43. The van der Waals surface area contributed by atoms with Gasteiger partial charge in [0.15, 0.2) is 0 Å². The van der Waals surface area contributed by atoms with Gasteiger partial charge in [0.05, 0.1) is 29.3 Å². The Hall–Kier alpha value is -3.68. The Labute approximate surface area is 172 Å². The van der Waals surface area contributed by atoms with Gasteiger partial charge in [-0.05, 0) is 37.6 Å². The fraction of sp³-hybridized carbons (Fsp3) is 0.273. The molecular formula is C22H23N3O5. The molecule has 0 saturated carbocycles. The zero-order valence-electron chi connectivity index (χ0n) is 17.0. The summed E-state index contributed by atoms with van der Waals surface area (Å²) < 4.78 is 7.19. The third-order valence-corrected chi connectivity index (χ3v) is 5.02. The number of ether oxygens (including phenoxy) is 1. The van der Waals surface area contributed by atoms with Crippen molar-refractivity contribution in [2.24, 2.45) is 0 Å². The van der Waals surface area contributed by atoms with E-state index in [4.69, 9.17) is 4.74 Å². The molecule has 8 nitrogen and oxygen atoms in total. The average Bonchev–Trinajstić information content (AvgIpc) is 2.76. The maximum absolute atomic E-state index is 13.1. The maximum Gasteiger partial charge on any atom is 0.339 e. The zero-order valence-corrected chi connectivity index (χ0v) is 17.0. The fourth-order valence-electron chi connectivity index (χ4n) is 3.28. The van der Waals surface area contributed by atoms with Gasteiger partial charge in [0.25, 0.3) is 5.56 Å². The number of methoxy groups -OCH3 is 1. The molecule has 3 rings (SSSR count). The van der Waals surface area contributed by atoms with Crippen LogP contribution in [-0.2, 0) is 16.1 Å². The van der Waals surface area contributed by atoms with E-state index in [1.165, 1.54) is 22.3 Å². The van der Waals surface area contributed by atoms with Crippen LogP contribution in [0.2, 0.25) is 0 Å². The SMILES string of the molecule is CC[C@@H](C)n1c(=O)c2ccccc2n(CC(=O)Nc2ccccc2C(=O)OC)c1=O. The second kappa shape index (κ2) is 8.77. The number of esters is 1. The number of amides is 1. The van der Waals surface area contributed by atoms with Crippen molar-refractivity contribution >= 4 is 28.5 Å². The molecule has 0 spiro atoms. The number of hydrogen-bond acceptors (Lipinski definition) is 5. The molecule has 1 aromatic heterocycles. The third kappa shape index (κ3) is 3.89. The molecule has 0 bridgehead atoms. The monoisotopic (exact) mass is 409 g/mol. The van der Waals surface area contributed by atoms with Crippen LogP contribution in [0.15, 0.2) is 58.1 Å². The van der Waals surface area contributed by atoms with Crippen LogP contribution in [0.5, 0.6) is 0 Å². The summed E-state index contributed by atoms with van der Waals surface area (Å²) in [6.45, 7) is 3.35. The first-order valence-electron chi connectivity index (χ1n) is 9.60. The molecule has 1 heterocycles. The van der Waals surface area contributed by atoms with E-state index < -0.39 is 17.6 Å². The number of anilines is 1. The minimum Gasteiger partial charge on any atom is -0.465 e. The zero-order chi connectivity index (χ0) is 21.8. The number of carbonyl (C=O) groups is 2. The van der Waals surface area contributed by atoms with Crippen molar-refractivity contribution in [3.05, 3.63) is 74.9 Å². The van der Waals surface area contributed by atoms with Crippen molar-refractivity contribution in [1.29, 1.82) is 0 Å². The molecule has 0 aliphatic rings. The highest BCUT2D eigenvalue weighted by molar-refractivity contribution is 6.01. The number of rotatable bonds is 6. The quantitative estimate of drug-likeness (QED) is 0.631. The Balaban J connectivity index is 2.05. The van der Waals surface area contributed by atoms with E-state index in [1.54, 1.807) is 49.4 Å². The molecule has 1 amide bonds. The molecule has 30 heavy (non-hydrogen) atoms. The second-order valence-corrected chi connectivity index (χ2v) is 6.90. The van der Waals surface area contributed by atoms with Gasteiger partial charge in [-0.25, -0.2) is 9.59 Å². The largest absolute Gasteiger partial charge is 0.465 e. The summed E-state index contributed by atoms with van der Waals surface area (Å²) in [7, 11) is 1.25. The molecule has 0 aliphatic heterocycles. The number of para-hydroxylation sites is 2. The lowest BCUT2D eigenvalue weighted by atomic mass is 10.2. The van der Waals surface area contributed by atoms with Crippen LogP contribution in [0.4, 0.5) is 5.69 Å². The first-order chi connectivity index (χ1) is 14.4. The van der Waals surface area contributed by atoms with Crippen molar-refractivity contribution in [1.82, 2.24) is 9.13 Å². The van der Waals surface area contributed by atoms with Crippen molar-refractivity contribution in [2.75, 3.05) is 12.4 Å². The fourth-order valence-corrected chi connectivity index (χ4v) is 3.28. The van der Waals surface area contributed by atoms with Gasteiger partial charge in [-0.1, -0.05) is 31.2 Å². The Kier molecular flexibility index (Phi) is 6.15. The first-order valence-corrected chi connectivity index (χ1v) is 9.60. The molecule has 1 atom stereocenters. The Bertz CT molecular complexity index is 1230. The van der Waals surface area contributed by atoms with E-state index in [0.717, 1.165) is 0 Å². The van der Waals surface area contributed by atoms with Crippen LogP contribution in [0, 0.1) is 0 Å². The highest BCUT2D eigenvalue weighted by atomic mass is 16.5. The molecule has 0 radical (unpaired) electrons. The lowest BCUT2D eigenvalue weighted by Gasteiger charge is -2.17. The normalized spacial score (nSPS) is 11.8. The summed E-state index contributed by atoms with van der Waals surface area (Å²) in [5.74, 6) is -1.09. The van der Waals surface area contributed by atoms with Crippen molar-refractivity contribution in [2.45, 2.75) is 32.9 Å². The van der Waals surface area contributed by atoms with Gasteiger partial charge in [0.1, 0.15) is 6.54 Å². The molecule has 0 saturated heterocycles. The summed E-state index contributed by atoms with van der Waals surface area (Å²) in [5.41, 5.74) is -0.0670. The molecule has 1 N–H and O–H groups in total. The number of carbonyl (C=O) groups excluding carboxylic acids is 2.